The number of rotatable bonds is 5. The van der Waals surface area contributed by atoms with Gasteiger partial charge in [-0.1, -0.05) is 12.1 Å². The SMILES string of the molecule is CCN(CC(C)C#N)c1ccc(C(C)N)cc1. The number of benzene rings is 1. The lowest BCUT2D eigenvalue weighted by Crippen LogP contribution is -2.27. The minimum atomic E-state index is 0.0445. The van der Waals surface area contributed by atoms with Gasteiger partial charge in [-0.2, -0.15) is 5.26 Å². The van der Waals surface area contributed by atoms with Gasteiger partial charge in [0, 0.05) is 24.8 Å². The maximum absolute atomic E-state index is 8.85. The van der Waals surface area contributed by atoms with Crippen molar-refractivity contribution in [2.24, 2.45) is 11.7 Å². The van der Waals surface area contributed by atoms with E-state index in [1.807, 2.05) is 13.8 Å². The Hall–Kier alpha value is -1.53. The maximum atomic E-state index is 8.85. The predicted octanol–water partition coefficient (Wildman–Crippen LogP) is 2.69. The molecule has 0 saturated carbocycles. The Morgan fingerprint density at radius 1 is 1.29 bits per heavy atom. The fourth-order valence-corrected chi connectivity index (χ4v) is 1.78. The molecule has 0 heterocycles. The maximum Gasteiger partial charge on any atom is 0.0671 e. The topological polar surface area (TPSA) is 53.0 Å². The highest BCUT2D eigenvalue weighted by Gasteiger charge is 2.09. The summed E-state index contributed by atoms with van der Waals surface area (Å²) >= 11 is 0. The van der Waals surface area contributed by atoms with Crippen LogP contribution in [0, 0.1) is 17.2 Å². The van der Waals surface area contributed by atoms with Gasteiger partial charge in [0.2, 0.25) is 0 Å². The molecule has 2 atom stereocenters. The van der Waals surface area contributed by atoms with E-state index in [1.54, 1.807) is 0 Å². The third-order valence-corrected chi connectivity index (χ3v) is 2.88. The second kappa shape index (κ2) is 6.27. The number of hydrogen-bond donors (Lipinski definition) is 1. The number of hydrogen-bond acceptors (Lipinski definition) is 3. The van der Waals surface area contributed by atoms with Crippen molar-refractivity contribution in [3.05, 3.63) is 29.8 Å². The summed E-state index contributed by atoms with van der Waals surface area (Å²) in [6.07, 6.45) is 0. The van der Waals surface area contributed by atoms with Gasteiger partial charge in [0.15, 0.2) is 0 Å². The van der Waals surface area contributed by atoms with Crippen LogP contribution in [0.4, 0.5) is 5.69 Å². The van der Waals surface area contributed by atoms with Gasteiger partial charge in [0.25, 0.3) is 0 Å². The van der Waals surface area contributed by atoms with Crippen molar-refractivity contribution in [3.63, 3.8) is 0 Å². The average Bonchev–Trinajstić information content (AvgIpc) is 2.35. The first-order chi connectivity index (χ1) is 8.08. The molecule has 0 bridgehead atoms. The van der Waals surface area contributed by atoms with Crippen LogP contribution in [-0.2, 0) is 0 Å². The van der Waals surface area contributed by atoms with E-state index in [0.717, 1.165) is 24.3 Å². The summed E-state index contributed by atoms with van der Waals surface area (Å²) in [5.41, 5.74) is 8.11. The van der Waals surface area contributed by atoms with Crippen molar-refractivity contribution in [1.29, 1.82) is 5.26 Å². The highest BCUT2D eigenvalue weighted by molar-refractivity contribution is 5.48. The molecule has 3 heteroatoms. The molecule has 0 aliphatic carbocycles. The van der Waals surface area contributed by atoms with Gasteiger partial charge in [-0.15, -0.1) is 0 Å². The highest BCUT2D eigenvalue weighted by atomic mass is 15.1. The van der Waals surface area contributed by atoms with Crippen LogP contribution in [0.2, 0.25) is 0 Å². The van der Waals surface area contributed by atoms with Crippen LogP contribution in [0.25, 0.3) is 0 Å². The zero-order valence-corrected chi connectivity index (χ0v) is 10.9. The van der Waals surface area contributed by atoms with Crippen molar-refractivity contribution in [2.45, 2.75) is 26.8 Å². The third-order valence-electron chi connectivity index (χ3n) is 2.88. The number of nitriles is 1. The van der Waals surface area contributed by atoms with Crippen molar-refractivity contribution in [2.75, 3.05) is 18.0 Å². The fraction of sp³-hybridized carbons (Fsp3) is 0.500. The third kappa shape index (κ3) is 3.76. The number of anilines is 1. The van der Waals surface area contributed by atoms with Crippen LogP contribution in [0.1, 0.15) is 32.4 Å². The predicted molar refractivity (Wildman–Crippen MR) is 71.7 cm³/mol. The second-order valence-corrected chi connectivity index (χ2v) is 4.45. The molecule has 2 N–H and O–H groups in total. The van der Waals surface area contributed by atoms with Gasteiger partial charge in [-0.05, 0) is 38.5 Å². The summed E-state index contributed by atoms with van der Waals surface area (Å²) in [6.45, 7) is 7.70. The molecular weight excluding hydrogens is 210 g/mol. The van der Waals surface area contributed by atoms with Crippen LogP contribution >= 0.6 is 0 Å². The molecule has 0 amide bonds. The van der Waals surface area contributed by atoms with E-state index in [4.69, 9.17) is 11.0 Å². The lowest BCUT2D eigenvalue weighted by Gasteiger charge is -2.24. The Morgan fingerprint density at radius 3 is 2.29 bits per heavy atom. The van der Waals surface area contributed by atoms with E-state index in [2.05, 4.69) is 42.2 Å². The van der Waals surface area contributed by atoms with Crippen molar-refractivity contribution >= 4 is 5.69 Å². The van der Waals surface area contributed by atoms with Gasteiger partial charge in [-0.25, -0.2) is 0 Å². The van der Waals surface area contributed by atoms with E-state index in [9.17, 15) is 0 Å². The molecule has 0 saturated heterocycles. The molecule has 3 nitrogen and oxygen atoms in total. The van der Waals surface area contributed by atoms with Crippen LogP contribution < -0.4 is 10.6 Å². The molecular formula is C14H21N3. The van der Waals surface area contributed by atoms with E-state index < -0.39 is 0 Å². The number of nitrogens with zero attached hydrogens (tertiary/aromatic N) is 2. The van der Waals surface area contributed by atoms with Gasteiger partial charge in [-0.3, -0.25) is 0 Å². The zero-order chi connectivity index (χ0) is 12.8. The molecule has 0 fully saturated rings. The van der Waals surface area contributed by atoms with E-state index in [-0.39, 0.29) is 12.0 Å². The molecule has 0 aromatic heterocycles. The lowest BCUT2D eigenvalue weighted by atomic mass is 10.1. The quantitative estimate of drug-likeness (QED) is 0.847. The number of nitrogens with two attached hydrogens (primary N) is 1. The Kier molecular flexibility index (Phi) is 4.99. The summed E-state index contributed by atoms with van der Waals surface area (Å²) in [4.78, 5) is 2.21. The minimum Gasteiger partial charge on any atom is -0.371 e. The van der Waals surface area contributed by atoms with Crippen molar-refractivity contribution < 1.29 is 0 Å². The largest absolute Gasteiger partial charge is 0.371 e. The van der Waals surface area contributed by atoms with Crippen LogP contribution in [0.3, 0.4) is 0 Å². The Labute approximate surface area is 104 Å². The molecule has 17 heavy (non-hydrogen) atoms. The van der Waals surface area contributed by atoms with E-state index in [1.165, 1.54) is 0 Å². The first-order valence-electron chi connectivity index (χ1n) is 6.08. The fourth-order valence-electron chi connectivity index (χ4n) is 1.78. The van der Waals surface area contributed by atoms with Gasteiger partial charge >= 0.3 is 0 Å². The van der Waals surface area contributed by atoms with Crippen LogP contribution in [0.5, 0.6) is 0 Å². The van der Waals surface area contributed by atoms with Gasteiger partial charge < -0.3 is 10.6 Å². The van der Waals surface area contributed by atoms with Crippen molar-refractivity contribution in [3.8, 4) is 6.07 Å². The van der Waals surface area contributed by atoms with Gasteiger partial charge in [0.1, 0.15) is 0 Å². The molecule has 0 spiro atoms. The molecule has 92 valence electrons. The Balaban J connectivity index is 2.79. The molecule has 1 aromatic rings. The summed E-state index contributed by atoms with van der Waals surface area (Å²) in [5.74, 6) is 0.0445. The average molecular weight is 231 g/mol. The molecule has 0 aliphatic rings. The van der Waals surface area contributed by atoms with E-state index in [0.29, 0.717) is 0 Å². The first-order valence-corrected chi connectivity index (χ1v) is 6.08. The Morgan fingerprint density at radius 2 is 1.88 bits per heavy atom. The van der Waals surface area contributed by atoms with Crippen LogP contribution in [-0.4, -0.2) is 13.1 Å². The summed E-state index contributed by atoms with van der Waals surface area (Å²) in [6, 6.07) is 10.6. The second-order valence-electron chi connectivity index (χ2n) is 4.45. The molecule has 1 rings (SSSR count). The molecule has 0 aliphatic heterocycles. The van der Waals surface area contributed by atoms with Crippen LogP contribution in [0.15, 0.2) is 24.3 Å². The highest BCUT2D eigenvalue weighted by Crippen LogP contribution is 2.19. The smallest absolute Gasteiger partial charge is 0.0671 e. The summed E-state index contributed by atoms with van der Waals surface area (Å²) < 4.78 is 0. The summed E-state index contributed by atoms with van der Waals surface area (Å²) in [7, 11) is 0. The van der Waals surface area contributed by atoms with E-state index >= 15 is 0 Å². The first kappa shape index (κ1) is 13.5. The summed E-state index contributed by atoms with van der Waals surface area (Å²) in [5, 5.41) is 8.85. The van der Waals surface area contributed by atoms with Gasteiger partial charge in [0.05, 0.1) is 12.0 Å². The van der Waals surface area contributed by atoms with Crippen molar-refractivity contribution in [1.82, 2.24) is 0 Å². The lowest BCUT2D eigenvalue weighted by molar-refractivity contribution is 0.686. The monoisotopic (exact) mass is 231 g/mol. The normalized spacial score (nSPS) is 13.8. The standard InChI is InChI=1S/C14H21N3/c1-4-17(10-11(2)9-15)14-7-5-13(6-8-14)12(3)16/h5-8,11-12H,4,10,16H2,1-3H3. The minimum absolute atomic E-state index is 0.0445. The molecule has 2 unspecified atom stereocenters. The Bertz CT molecular complexity index is 375. The molecule has 1 aromatic carbocycles. The zero-order valence-electron chi connectivity index (χ0n) is 10.9. The molecule has 0 radical (unpaired) electrons.